The molecule has 0 fully saturated rings. The molecule has 1 aliphatic heterocycles. The van der Waals surface area contributed by atoms with Crippen molar-refractivity contribution in [3.05, 3.63) is 47.0 Å². The molecule has 0 spiro atoms. The topological polar surface area (TPSA) is 63.1 Å². The monoisotopic (exact) mass is 411 g/mol. The molecule has 1 N–H and O–H groups in total. The van der Waals surface area contributed by atoms with E-state index in [1.807, 2.05) is 0 Å². The molecule has 1 atom stereocenters. The fourth-order valence-corrected chi connectivity index (χ4v) is 4.26. The number of fused-ring (bicyclic) bond motifs is 1. The van der Waals surface area contributed by atoms with Gasteiger partial charge in [-0.25, -0.2) is 0 Å². The standard InChI is InChI=1S/C24H37N5O/c1-17(2)14-20-6-8-21(9-7-20)16-28-11-10-23-26-27-24(29(23)13-12-28)22(15-18(3)4)25-19(5)30/h6-9,17-18,22H,10-16H2,1-5H3,(H,25,30). The van der Waals surface area contributed by atoms with Crippen LogP contribution in [-0.2, 0) is 30.7 Å². The first-order chi connectivity index (χ1) is 14.3. The second kappa shape index (κ2) is 10.2. The molecule has 2 aromatic rings. The van der Waals surface area contributed by atoms with Crippen molar-refractivity contribution in [2.45, 2.75) is 73.0 Å². The van der Waals surface area contributed by atoms with Crippen LogP contribution in [0, 0.1) is 11.8 Å². The Hall–Kier alpha value is -2.21. The first kappa shape index (κ1) is 22.5. The van der Waals surface area contributed by atoms with E-state index < -0.39 is 0 Å². The maximum Gasteiger partial charge on any atom is 0.217 e. The fourth-order valence-electron chi connectivity index (χ4n) is 4.26. The molecule has 0 bridgehead atoms. The molecule has 30 heavy (non-hydrogen) atoms. The first-order valence-corrected chi connectivity index (χ1v) is 11.3. The van der Waals surface area contributed by atoms with Crippen LogP contribution in [0.5, 0.6) is 0 Å². The lowest BCUT2D eigenvalue weighted by Crippen LogP contribution is -2.31. The largest absolute Gasteiger partial charge is 0.346 e. The summed E-state index contributed by atoms with van der Waals surface area (Å²) in [4.78, 5) is 14.2. The third kappa shape index (κ3) is 6.14. The quantitative estimate of drug-likeness (QED) is 0.718. The summed E-state index contributed by atoms with van der Waals surface area (Å²) in [5.41, 5.74) is 2.77. The highest BCUT2D eigenvalue weighted by molar-refractivity contribution is 5.73. The number of hydrogen-bond acceptors (Lipinski definition) is 4. The number of nitrogens with one attached hydrogen (secondary N) is 1. The van der Waals surface area contributed by atoms with Crippen LogP contribution >= 0.6 is 0 Å². The molecule has 2 heterocycles. The van der Waals surface area contributed by atoms with Crippen LogP contribution in [0.25, 0.3) is 0 Å². The van der Waals surface area contributed by atoms with Crippen molar-refractivity contribution in [3.8, 4) is 0 Å². The van der Waals surface area contributed by atoms with Crippen molar-refractivity contribution < 1.29 is 4.79 Å². The zero-order valence-electron chi connectivity index (χ0n) is 19.2. The van der Waals surface area contributed by atoms with E-state index in [1.54, 1.807) is 6.92 Å². The van der Waals surface area contributed by atoms with Gasteiger partial charge in [0.2, 0.25) is 5.91 Å². The lowest BCUT2D eigenvalue weighted by molar-refractivity contribution is -0.119. The molecule has 0 aliphatic carbocycles. The van der Waals surface area contributed by atoms with E-state index in [0.29, 0.717) is 11.8 Å². The van der Waals surface area contributed by atoms with Crippen LogP contribution < -0.4 is 5.32 Å². The van der Waals surface area contributed by atoms with Gasteiger partial charge in [-0.2, -0.15) is 0 Å². The van der Waals surface area contributed by atoms with Gasteiger partial charge in [-0.05, 0) is 35.8 Å². The van der Waals surface area contributed by atoms with Gasteiger partial charge in [0.1, 0.15) is 5.82 Å². The van der Waals surface area contributed by atoms with Gasteiger partial charge in [-0.15, -0.1) is 10.2 Å². The molecule has 0 radical (unpaired) electrons. The van der Waals surface area contributed by atoms with Gasteiger partial charge in [0, 0.05) is 39.5 Å². The number of carbonyl (C=O) groups excluding carboxylic acids is 1. The normalized spacial score (nSPS) is 15.8. The summed E-state index contributed by atoms with van der Waals surface area (Å²) in [6, 6.07) is 8.99. The van der Waals surface area contributed by atoms with Gasteiger partial charge in [-0.1, -0.05) is 52.0 Å². The van der Waals surface area contributed by atoms with Crippen LogP contribution in [0.1, 0.15) is 69.9 Å². The van der Waals surface area contributed by atoms with Crippen molar-refractivity contribution in [1.29, 1.82) is 0 Å². The molecule has 164 valence electrons. The Bertz CT molecular complexity index is 825. The van der Waals surface area contributed by atoms with E-state index in [2.05, 4.69) is 76.9 Å². The van der Waals surface area contributed by atoms with E-state index in [-0.39, 0.29) is 11.9 Å². The Morgan fingerprint density at radius 2 is 1.70 bits per heavy atom. The number of amides is 1. The van der Waals surface area contributed by atoms with Gasteiger partial charge < -0.3 is 9.88 Å². The lowest BCUT2D eigenvalue weighted by atomic mass is 10.0. The Morgan fingerprint density at radius 1 is 1.00 bits per heavy atom. The summed E-state index contributed by atoms with van der Waals surface area (Å²) in [7, 11) is 0. The molecule has 1 aromatic carbocycles. The number of carbonyl (C=O) groups is 1. The lowest BCUT2D eigenvalue weighted by Gasteiger charge is -2.22. The molecule has 6 nitrogen and oxygen atoms in total. The van der Waals surface area contributed by atoms with Crippen molar-refractivity contribution in [1.82, 2.24) is 25.0 Å². The zero-order chi connectivity index (χ0) is 21.7. The summed E-state index contributed by atoms with van der Waals surface area (Å²) < 4.78 is 2.23. The van der Waals surface area contributed by atoms with Gasteiger partial charge in [0.25, 0.3) is 0 Å². The predicted octanol–water partition coefficient (Wildman–Crippen LogP) is 3.76. The van der Waals surface area contributed by atoms with Crippen molar-refractivity contribution in [3.63, 3.8) is 0 Å². The van der Waals surface area contributed by atoms with Gasteiger partial charge in [-0.3, -0.25) is 9.69 Å². The Balaban J connectivity index is 1.66. The molecule has 0 saturated carbocycles. The second-order valence-electron chi connectivity index (χ2n) is 9.45. The maximum atomic E-state index is 11.7. The summed E-state index contributed by atoms with van der Waals surface area (Å²) in [6.45, 7) is 14.2. The summed E-state index contributed by atoms with van der Waals surface area (Å²) in [5.74, 6) is 3.06. The van der Waals surface area contributed by atoms with Gasteiger partial charge >= 0.3 is 0 Å². The molecule has 0 saturated heterocycles. The minimum atomic E-state index is -0.0798. The summed E-state index contributed by atoms with van der Waals surface area (Å²) in [6.07, 6.45) is 2.88. The van der Waals surface area contributed by atoms with Crippen molar-refractivity contribution in [2.75, 3.05) is 13.1 Å². The van der Waals surface area contributed by atoms with Crippen LogP contribution in [0.15, 0.2) is 24.3 Å². The highest BCUT2D eigenvalue weighted by Crippen LogP contribution is 2.22. The smallest absolute Gasteiger partial charge is 0.217 e. The molecule has 6 heteroatoms. The Morgan fingerprint density at radius 3 is 2.33 bits per heavy atom. The van der Waals surface area contributed by atoms with Crippen molar-refractivity contribution >= 4 is 5.91 Å². The van der Waals surface area contributed by atoms with Gasteiger partial charge in [0.15, 0.2) is 5.82 Å². The molecule has 1 aliphatic rings. The number of aromatic nitrogens is 3. The average Bonchev–Trinajstić information content (AvgIpc) is 2.96. The Kier molecular flexibility index (Phi) is 7.64. The highest BCUT2D eigenvalue weighted by Gasteiger charge is 2.25. The SMILES string of the molecule is CC(=O)NC(CC(C)C)c1nnc2n1CCN(Cc1ccc(CC(C)C)cc1)CC2. The van der Waals surface area contributed by atoms with E-state index in [4.69, 9.17) is 0 Å². The Labute approximate surface area is 181 Å². The predicted molar refractivity (Wildman–Crippen MR) is 120 cm³/mol. The fraction of sp³-hybridized carbons (Fsp3) is 0.625. The van der Waals surface area contributed by atoms with E-state index in [1.165, 1.54) is 11.1 Å². The molecular weight excluding hydrogens is 374 g/mol. The van der Waals surface area contributed by atoms with Gasteiger partial charge in [0.05, 0.1) is 6.04 Å². The van der Waals surface area contributed by atoms with Crippen LogP contribution in [0.4, 0.5) is 0 Å². The minimum absolute atomic E-state index is 0.0193. The molecule has 3 rings (SSSR count). The van der Waals surface area contributed by atoms with Crippen LogP contribution in [0.3, 0.4) is 0 Å². The number of hydrogen-bond donors (Lipinski definition) is 1. The molecule has 1 unspecified atom stereocenters. The molecular formula is C24H37N5O. The van der Waals surface area contributed by atoms with Crippen molar-refractivity contribution in [2.24, 2.45) is 11.8 Å². The van der Waals surface area contributed by atoms with Crippen LogP contribution in [-0.4, -0.2) is 38.7 Å². The average molecular weight is 412 g/mol. The molecule has 1 aromatic heterocycles. The highest BCUT2D eigenvalue weighted by atomic mass is 16.1. The van der Waals surface area contributed by atoms with E-state index in [9.17, 15) is 4.79 Å². The summed E-state index contributed by atoms with van der Waals surface area (Å²) in [5, 5.41) is 12.0. The number of benzene rings is 1. The number of nitrogens with zero attached hydrogens (tertiary/aromatic N) is 4. The first-order valence-electron chi connectivity index (χ1n) is 11.3. The maximum absolute atomic E-state index is 11.7. The third-order valence-corrected chi connectivity index (χ3v) is 5.62. The summed E-state index contributed by atoms with van der Waals surface area (Å²) >= 11 is 0. The third-order valence-electron chi connectivity index (χ3n) is 5.62. The molecule has 1 amide bonds. The number of rotatable bonds is 8. The second-order valence-corrected chi connectivity index (χ2v) is 9.45. The van der Waals surface area contributed by atoms with Crippen LogP contribution in [0.2, 0.25) is 0 Å². The van der Waals surface area contributed by atoms with E-state index >= 15 is 0 Å². The zero-order valence-corrected chi connectivity index (χ0v) is 19.2. The minimum Gasteiger partial charge on any atom is -0.346 e. The van der Waals surface area contributed by atoms with E-state index in [0.717, 1.165) is 57.1 Å².